The van der Waals surface area contributed by atoms with E-state index in [4.69, 9.17) is 0 Å². The van der Waals surface area contributed by atoms with Crippen LogP contribution in [0.1, 0.15) is 42.6 Å². The number of sulfonamides is 1. The Balaban J connectivity index is 1.70. The van der Waals surface area contributed by atoms with Crippen molar-refractivity contribution in [1.82, 2.24) is 14.2 Å². The molecule has 2 heterocycles. The third kappa shape index (κ3) is 4.72. The summed E-state index contributed by atoms with van der Waals surface area (Å²) in [5.41, 5.74) is 1.06. The topological polar surface area (TPSA) is 88.5 Å². The first-order chi connectivity index (χ1) is 15.8. The van der Waals surface area contributed by atoms with Crippen molar-refractivity contribution in [2.75, 3.05) is 13.1 Å². The third-order valence-corrected chi connectivity index (χ3v) is 8.21. The normalized spacial score (nSPS) is 15.6. The maximum atomic E-state index is 13.3. The summed E-state index contributed by atoms with van der Waals surface area (Å²) in [7, 11) is -3.71. The minimum atomic E-state index is -3.71. The van der Waals surface area contributed by atoms with Gasteiger partial charge in [-0.3, -0.25) is 9.59 Å². The summed E-state index contributed by atoms with van der Waals surface area (Å²) in [5, 5.41) is 3.03. The molecule has 0 aliphatic carbocycles. The van der Waals surface area contributed by atoms with Crippen LogP contribution in [0.5, 0.6) is 0 Å². The van der Waals surface area contributed by atoms with Gasteiger partial charge in [0.15, 0.2) is 0 Å². The van der Waals surface area contributed by atoms with Crippen molar-refractivity contribution >= 4 is 26.8 Å². The number of hydrogen-bond acceptors (Lipinski definition) is 4. The quantitative estimate of drug-likeness (QED) is 0.602. The molecule has 1 N–H and O–H groups in total. The van der Waals surface area contributed by atoms with E-state index in [9.17, 15) is 18.0 Å². The first-order valence-electron chi connectivity index (χ1n) is 11.3. The number of fused-ring (bicyclic) bond motifs is 1. The van der Waals surface area contributed by atoms with Gasteiger partial charge in [0.25, 0.3) is 5.91 Å². The average molecular weight is 468 g/mol. The van der Waals surface area contributed by atoms with Crippen LogP contribution in [0.4, 0.5) is 0 Å². The predicted molar refractivity (Wildman–Crippen MR) is 129 cm³/mol. The summed E-state index contributed by atoms with van der Waals surface area (Å²) < 4.78 is 29.7. The lowest BCUT2D eigenvalue weighted by molar-refractivity contribution is 0.0949. The molecular formula is C25H29N3O4S. The Bertz CT molecular complexity index is 1330. The minimum absolute atomic E-state index is 0.00151. The van der Waals surface area contributed by atoms with Gasteiger partial charge in [0.05, 0.1) is 10.4 Å². The van der Waals surface area contributed by atoms with Crippen molar-refractivity contribution in [3.05, 3.63) is 76.1 Å². The fourth-order valence-corrected chi connectivity index (χ4v) is 5.70. The van der Waals surface area contributed by atoms with Gasteiger partial charge in [0.1, 0.15) is 5.56 Å². The number of nitrogens with one attached hydrogen (secondary N) is 1. The smallest absolute Gasteiger partial charge is 0.257 e. The van der Waals surface area contributed by atoms with Crippen LogP contribution in [0, 0.1) is 5.92 Å². The monoisotopic (exact) mass is 467 g/mol. The van der Waals surface area contributed by atoms with Crippen molar-refractivity contribution in [3.8, 4) is 0 Å². The molecule has 1 amide bonds. The van der Waals surface area contributed by atoms with Crippen LogP contribution in [-0.2, 0) is 23.1 Å². The summed E-state index contributed by atoms with van der Waals surface area (Å²) in [6.07, 6.45) is 3.19. The number of benzene rings is 2. The number of hydrogen-bond donors (Lipinski definition) is 1. The Morgan fingerprint density at radius 2 is 1.79 bits per heavy atom. The van der Waals surface area contributed by atoms with E-state index in [0.717, 1.165) is 18.4 Å². The molecule has 1 aliphatic rings. The number of aryl methyl sites for hydroxylation is 1. The Morgan fingerprint density at radius 3 is 2.45 bits per heavy atom. The molecular weight excluding hydrogens is 438 g/mol. The van der Waals surface area contributed by atoms with E-state index in [2.05, 4.69) is 12.2 Å². The molecule has 0 bridgehead atoms. The van der Waals surface area contributed by atoms with Gasteiger partial charge >= 0.3 is 0 Å². The second-order valence-electron chi connectivity index (χ2n) is 8.59. The number of piperidine rings is 1. The zero-order valence-electron chi connectivity index (χ0n) is 19.0. The Kier molecular flexibility index (Phi) is 6.67. The first kappa shape index (κ1) is 23.2. The van der Waals surface area contributed by atoms with Crippen LogP contribution < -0.4 is 10.7 Å². The van der Waals surface area contributed by atoms with Crippen LogP contribution in [-0.4, -0.2) is 36.3 Å². The molecule has 4 rings (SSSR count). The summed E-state index contributed by atoms with van der Waals surface area (Å²) in [4.78, 5) is 26.2. The predicted octanol–water partition coefficient (Wildman–Crippen LogP) is 3.37. The molecule has 2 aromatic carbocycles. The maximum absolute atomic E-state index is 13.3. The Morgan fingerprint density at radius 1 is 1.09 bits per heavy atom. The second kappa shape index (κ2) is 9.49. The lowest BCUT2D eigenvalue weighted by Crippen LogP contribution is -2.38. The van der Waals surface area contributed by atoms with Gasteiger partial charge in [-0.25, -0.2) is 8.42 Å². The van der Waals surface area contributed by atoms with Crippen molar-refractivity contribution in [1.29, 1.82) is 0 Å². The second-order valence-corrected chi connectivity index (χ2v) is 10.5. The summed E-state index contributed by atoms with van der Waals surface area (Å²) >= 11 is 0. The SMILES string of the molecule is CCn1cc(C(=O)NCc2ccccc2)c(=O)c2cc(S(=O)(=O)N3CCC(C)CC3)ccc21. The standard InChI is InChI=1S/C25H29N3O4S/c1-3-27-17-22(25(30)26-16-19-7-5-4-6-8-19)24(29)21-15-20(9-10-23(21)27)33(31,32)28-13-11-18(2)12-14-28/h4-10,15,17-18H,3,11-14,16H2,1-2H3,(H,26,30). The summed E-state index contributed by atoms with van der Waals surface area (Å²) in [5.74, 6) is 0.0213. The molecule has 174 valence electrons. The number of carbonyl (C=O) groups is 1. The van der Waals surface area contributed by atoms with Crippen molar-refractivity contribution in [2.45, 2.75) is 44.7 Å². The minimum Gasteiger partial charge on any atom is -0.348 e. The molecule has 0 radical (unpaired) electrons. The molecule has 1 fully saturated rings. The van der Waals surface area contributed by atoms with Crippen LogP contribution in [0.2, 0.25) is 0 Å². The largest absolute Gasteiger partial charge is 0.348 e. The van der Waals surface area contributed by atoms with Gasteiger partial charge in [-0.05, 0) is 49.4 Å². The first-order valence-corrected chi connectivity index (χ1v) is 12.7. The fraction of sp³-hybridized carbons (Fsp3) is 0.360. The van der Waals surface area contributed by atoms with Crippen molar-refractivity contribution < 1.29 is 13.2 Å². The highest BCUT2D eigenvalue weighted by atomic mass is 32.2. The highest BCUT2D eigenvalue weighted by Crippen LogP contribution is 2.25. The van der Waals surface area contributed by atoms with E-state index in [-0.39, 0.29) is 15.8 Å². The van der Waals surface area contributed by atoms with Crippen LogP contribution in [0.3, 0.4) is 0 Å². The molecule has 1 saturated heterocycles. The number of aromatic nitrogens is 1. The van der Waals surface area contributed by atoms with E-state index >= 15 is 0 Å². The Hall–Kier alpha value is -2.97. The molecule has 1 aliphatic heterocycles. The molecule has 0 spiro atoms. The van der Waals surface area contributed by atoms with Gasteiger partial charge in [-0.2, -0.15) is 4.31 Å². The van der Waals surface area contributed by atoms with Crippen LogP contribution >= 0.6 is 0 Å². The molecule has 8 heteroatoms. The number of pyridine rings is 1. The maximum Gasteiger partial charge on any atom is 0.257 e. The van der Waals surface area contributed by atoms with E-state index in [1.54, 1.807) is 22.9 Å². The fourth-order valence-electron chi connectivity index (χ4n) is 4.21. The molecule has 33 heavy (non-hydrogen) atoms. The van der Waals surface area contributed by atoms with Gasteiger partial charge in [-0.15, -0.1) is 0 Å². The van der Waals surface area contributed by atoms with Gasteiger partial charge in [0.2, 0.25) is 15.5 Å². The van der Waals surface area contributed by atoms with Gasteiger partial charge in [0, 0.05) is 37.8 Å². The molecule has 7 nitrogen and oxygen atoms in total. The average Bonchev–Trinajstić information content (AvgIpc) is 2.83. The van der Waals surface area contributed by atoms with E-state index in [1.807, 2.05) is 37.3 Å². The zero-order chi connectivity index (χ0) is 23.6. The number of amides is 1. The summed E-state index contributed by atoms with van der Waals surface area (Å²) in [6, 6.07) is 14.1. The number of nitrogens with zero attached hydrogens (tertiary/aromatic N) is 2. The van der Waals surface area contributed by atoms with Crippen LogP contribution in [0.15, 0.2) is 64.4 Å². The van der Waals surface area contributed by atoms with Crippen molar-refractivity contribution in [2.24, 2.45) is 5.92 Å². The van der Waals surface area contributed by atoms with Gasteiger partial charge in [-0.1, -0.05) is 37.3 Å². The van der Waals surface area contributed by atoms with Crippen LogP contribution in [0.25, 0.3) is 10.9 Å². The molecule has 1 aromatic heterocycles. The van der Waals surface area contributed by atoms with E-state index in [1.165, 1.54) is 10.4 Å². The molecule has 0 saturated carbocycles. The third-order valence-electron chi connectivity index (χ3n) is 6.31. The summed E-state index contributed by atoms with van der Waals surface area (Å²) in [6.45, 7) is 5.81. The number of carbonyl (C=O) groups excluding carboxylic acids is 1. The van der Waals surface area contributed by atoms with Gasteiger partial charge < -0.3 is 9.88 Å². The molecule has 3 aromatic rings. The van der Waals surface area contributed by atoms with Crippen molar-refractivity contribution in [3.63, 3.8) is 0 Å². The van der Waals surface area contributed by atoms with E-state index < -0.39 is 21.4 Å². The Labute approximate surface area is 194 Å². The van der Waals surface area contributed by atoms with E-state index in [0.29, 0.717) is 37.6 Å². The lowest BCUT2D eigenvalue weighted by Gasteiger charge is -2.29. The molecule has 0 atom stereocenters. The molecule has 0 unspecified atom stereocenters. The zero-order valence-corrected chi connectivity index (χ0v) is 19.8. The highest BCUT2D eigenvalue weighted by Gasteiger charge is 2.28. The lowest BCUT2D eigenvalue weighted by atomic mass is 10.0. The highest BCUT2D eigenvalue weighted by molar-refractivity contribution is 7.89. The number of rotatable bonds is 6.